The molecule has 0 saturated carbocycles. The molecule has 3 heterocycles. The van der Waals surface area contributed by atoms with Crippen molar-refractivity contribution in [3.8, 4) is 0 Å². The molecule has 1 fully saturated rings. The van der Waals surface area contributed by atoms with Crippen molar-refractivity contribution in [3.05, 3.63) is 43.7 Å². The van der Waals surface area contributed by atoms with Gasteiger partial charge in [-0.05, 0) is 56.2 Å². The van der Waals surface area contributed by atoms with Crippen molar-refractivity contribution < 1.29 is 26.2 Å². The molecule has 240 valence electrons. The molecule has 2 aliphatic rings. The third kappa shape index (κ3) is 6.29. The molecule has 0 aromatic carbocycles. The second-order valence-electron chi connectivity index (χ2n) is 14.4. The van der Waals surface area contributed by atoms with E-state index in [0.717, 1.165) is 9.98 Å². The van der Waals surface area contributed by atoms with Crippen molar-refractivity contribution in [2.45, 2.75) is 122 Å². The number of rotatable bonds is 9. The third-order valence-electron chi connectivity index (χ3n) is 9.30. The van der Waals surface area contributed by atoms with Crippen LogP contribution in [0.25, 0.3) is 0 Å². The molecule has 0 radical (unpaired) electrons. The Bertz CT molecular complexity index is 1440. The van der Waals surface area contributed by atoms with Crippen molar-refractivity contribution in [2.24, 2.45) is 11.5 Å². The highest BCUT2D eigenvalue weighted by Gasteiger charge is 2.67. The zero-order chi connectivity index (χ0) is 32.3. The van der Waals surface area contributed by atoms with Crippen LogP contribution in [-0.4, -0.2) is 65.1 Å². The zero-order valence-electron chi connectivity index (χ0n) is 26.9. The van der Waals surface area contributed by atoms with E-state index in [-0.39, 0.29) is 28.9 Å². The molecule has 4 N–H and O–H groups in total. The molecule has 2 aliphatic heterocycles. The average molecular weight is 647 g/mol. The molecule has 1 aromatic heterocycles. The van der Waals surface area contributed by atoms with E-state index in [0.29, 0.717) is 18.5 Å². The molecule has 0 amide bonds. The van der Waals surface area contributed by atoms with Gasteiger partial charge in [0.1, 0.15) is 12.2 Å². The van der Waals surface area contributed by atoms with Gasteiger partial charge in [-0.15, -0.1) is 0 Å². The Balaban J connectivity index is 2.29. The Morgan fingerprint density at radius 1 is 1.05 bits per heavy atom. The first kappa shape index (κ1) is 34.9. The minimum atomic E-state index is -4.21. The quantitative estimate of drug-likeness (QED) is 0.301. The monoisotopic (exact) mass is 646 g/mol. The Hall–Kier alpha value is -1.60. The van der Waals surface area contributed by atoms with E-state index in [9.17, 15) is 18.0 Å². The second kappa shape index (κ2) is 11.4. The van der Waals surface area contributed by atoms with Crippen molar-refractivity contribution in [1.82, 2.24) is 9.13 Å². The van der Waals surface area contributed by atoms with E-state index in [1.54, 1.807) is 6.92 Å². The van der Waals surface area contributed by atoms with Crippen molar-refractivity contribution in [2.75, 3.05) is 13.2 Å². The number of aromatic nitrogens is 2. The number of ether oxygens (including phenoxy) is 1. The Labute approximate surface area is 251 Å². The van der Waals surface area contributed by atoms with E-state index in [2.05, 4.69) is 33.9 Å². The van der Waals surface area contributed by atoms with Crippen molar-refractivity contribution in [1.29, 1.82) is 0 Å². The lowest BCUT2D eigenvalue weighted by Crippen LogP contribution is -2.59. The van der Waals surface area contributed by atoms with Gasteiger partial charge >= 0.3 is 5.69 Å². The molecule has 12 nitrogen and oxygen atoms in total. The zero-order valence-corrected chi connectivity index (χ0v) is 29.8. The lowest BCUT2D eigenvalue weighted by Gasteiger charge is -2.43. The predicted molar refractivity (Wildman–Crippen MR) is 168 cm³/mol. The highest BCUT2D eigenvalue weighted by molar-refractivity contribution is 7.90. The van der Waals surface area contributed by atoms with Gasteiger partial charge in [0, 0.05) is 18.3 Å². The maximum Gasteiger partial charge on any atom is 0.333 e. The molecule has 1 spiro atoms. The second-order valence-corrected chi connectivity index (χ2v) is 25.4. The van der Waals surface area contributed by atoms with Crippen molar-refractivity contribution in [3.63, 3.8) is 0 Å². The number of nitrogens with two attached hydrogens (primary N) is 2. The maximum absolute atomic E-state index is 13.8. The number of nitrogens with zero attached hydrogens (tertiary/aromatic N) is 2. The average Bonchev–Trinajstić information content (AvgIpc) is 3.25. The highest BCUT2D eigenvalue weighted by Crippen LogP contribution is 2.52. The van der Waals surface area contributed by atoms with E-state index >= 15 is 0 Å². The minimum Gasteiger partial charge on any atom is -0.414 e. The number of hydrogen-bond acceptors (Lipinski definition) is 10. The van der Waals surface area contributed by atoms with Gasteiger partial charge in [-0.2, -0.15) is 8.42 Å². The van der Waals surface area contributed by atoms with Crippen LogP contribution in [0.15, 0.2) is 26.9 Å². The van der Waals surface area contributed by atoms with Crippen LogP contribution in [0.2, 0.25) is 36.3 Å². The fourth-order valence-electron chi connectivity index (χ4n) is 4.60. The highest BCUT2D eigenvalue weighted by atomic mass is 32.2. The maximum atomic E-state index is 13.8. The standard InChI is InChI=1S/C27H50N4O8SSi2/c1-18-15-31(24(33)30(22(18)32)14-12-13-28)23-21(38-42(10,11)26(5,6)7)27(19(29)17-40(34,35)39-27)20(37-23)16-36-41(8,9)25(2,3)4/h15,17,20-21,23H,12-14,16,28-29H2,1-11H3. The molecular formula is C27H50N4O8SSi2. The van der Waals surface area contributed by atoms with Gasteiger partial charge < -0.3 is 25.1 Å². The normalized spacial score (nSPS) is 26.7. The molecule has 4 unspecified atom stereocenters. The van der Waals surface area contributed by atoms with E-state index in [1.165, 1.54) is 10.8 Å². The summed E-state index contributed by atoms with van der Waals surface area (Å²) in [6.07, 6.45) is -1.54. The van der Waals surface area contributed by atoms with Crippen LogP contribution in [-0.2, 0) is 34.4 Å². The molecule has 1 aromatic rings. The lowest BCUT2D eigenvalue weighted by atomic mass is 9.89. The van der Waals surface area contributed by atoms with Crippen LogP contribution in [0.4, 0.5) is 0 Å². The van der Waals surface area contributed by atoms with Gasteiger partial charge in [-0.1, -0.05) is 41.5 Å². The van der Waals surface area contributed by atoms with Gasteiger partial charge in [0.15, 0.2) is 28.5 Å². The van der Waals surface area contributed by atoms with Crippen LogP contribution in [0.1, 0.15) is 59.8 Å². The summed E-state index contributed by atoms with van der Waals surface area (Å²) in [6.45, 7) is 22.5. The first-order valence-electron chi connectivity index (χ1n) is 14.3. The molecule has 1 saturated heterocycles. The Kier molecular flexibility index (Phi) is 9.47. The summed E-state index contributed by atoms with van der Waals surface area (Å²) in [5.74, 6) is 0. The van der Waals surface area contributed by atoms with E-state index < -0.39 is 62.0 Å². The smallest absolute Gasteiger partial charge is 0.333 e. The molecule has 4 atom stereocenters. The van der Waals surface area contributed by atoms with E-state index in [4.69, 9.17) is 29.2 Å². The SMILES string of the molecule is Cc1cn(C2OC(CO[Si](C)(C)C(C)(C)C)C3(OS(=O)(=O)C=C3N)C2O[Si](C)(C)C(C)(C)C)c(=O)n(CCCN)c1=O. The third-order valence-corrected chi connectivity index (χ3v) is 19.3. The van der Waals surface area contributed by atoms with Crippen LogP contribution >= 0.6 is 0 Å². The Morgan fingerprint density at radius 3 is 2.10 bits per heavy atom. The summed E-state index contributed by atoms with van der Waals surface area (Å²) in [4.78, 5) is 26.8. The van der Waals surface area contributed by atoms with Gasteiger partial charge in [-0.25, -0.2) is 8.98 Å². The van der Waals surface area contributed by atoms with Crippen LogP contribution < -0.4 is 22.7 Å². The fourth-order valence-corrected chi connectivity index (χ4v) is 8.11. The van der Waals surface area contributed by atoms with Gasteiger partial charge in [0.05, 0.1) is 17.7 Å². The molecule has 0 bridgehead atoms. The van der Waals surface area contributed by atoms with Crippen LogP contribution in [0.5, 0.6) is 0 Å². The number of aryl methyl sites for hydroxylation is 1. The minimum absolute atomic E-state index is 0.0467. The predicted octanol–water partition coefficient (Wildman–Crippen LogP) is 2.88. The topological polar surface area (TPSA) is 167 Å². The van der Waals surface area contributed by atoms with Gasteiger partial charge in [0.2, 0.25) is 0 Å². The lowest BCUT2D eigenvalue weighted by molar-refractivity contribution is -0.0567. The first-order valence-corrected chi connectivity index (χ1v) is 21.6. The first-order chi connectivity index (χ1) is 18.9. The van der Waals surface area contributed by atoms with Crippen LogP contribution in [0.3, 0.4) is 0 Å². The number of hydrogen-bond donors (Lipinski definition) is 2. The molecule has 3 rings (SSSR count). The summed E-state index contributed by atoms with van der Waals surface area (Å²) >= 11 is 0. The van der Waals surface area contributed by atoms with Crippen LogP contribution in [0, 0.1) is 6.92 Å². The van der Waals surface area contributed by atoms with E-state index in [1.807, 2.05) is 33.9 Å². The van der Waals surface area contributed by atoms with Crippen molar-refractivity contribution >= 4 is 26.8 Å². The van der Waals surface area contributed by atoms with Gasteiger partial charge in [-0.3, -0.25) is 13.9 Å². The fraction of sp³-hybridized carbons (Fsp3) is 0.778. The molecule has 15 heteroatoms. The summed E-state index contributed by atoms with van der Waals surface area (Å²) in [6, 6.07) is 0. The summed E-state index contributed by atoms with van der Waals surface area (Å²) in [5, 5.41) is 0.438. The molecule has 0 aliphatic carbocycles. The largest absolute Gasteiger partial charge is 0.414 e. The molecule has 42 heavy (non-hydrogen) atoms. The summed E-state index contributed by atoms with van der Waals surface area (Å²) < 4.78 is 54.2. The Morgan fingerprint density at radius 2 is 1.62 bits per heavy atom. The van der Waals surface area contributed by atoms with Gasteiger partial charge in [0.25, 0.3) is 15.7 Å². The summed E-state index contributed by atoms with van der Waals surface area (Å²) in [5.41, 5.74) is 9.56. The summed E-state index contributed by atoms with van der Waals surface area (Å²) in [7, 11) is -9.24. The molecular weight excluding hydrogens is 597 g/mol.